The summed E-state index contributed by atoms with van der Waals surface area (Å²) in [7, 11) is 3.99. The molecular weight excluding hydrogens is 214 g/mol. The lowest BCUT2D eigenvalue weighted by molar-refractivity contribution is 0.0272. The second-order valence-electron chi connectivity index (χ2n) is 4.95. The molecule has 0 aliphatic heterocycles. The summed E-state index contributed by atoms with van der Waals surface area (Å²) in [6, 6.07) is 6.04. The van der Waals surface area contributed by atoms with Crippen LogP contribution in [-0.2, 0) is 6.54 Å². The summed E-state index contributed by atoms with van der Waals surface area (Å²) in [5.41, 5.74) is 1.08. The highest BCUT2D eigenvalue weighted by Crippen LogP contribution is 2.27. The maximum absolute atomic E-state index is 9.25. The molecule has 0 atom stereocenters. The maximum atomic E-state index is 9.25. The normalized spacial score (nSPS) is 23.5. The highest BCUT2D eigenvalue weighted by Gasteiger charge is 2.27. The fourth-order valence-electron chi connectivity index (χ4n) is 2.34. The summed E-state index contributed by atoms with van der Waals surface area (Å²) in [6.45, 7) is 1.91. The number of anilines is 1. The molecule has 1 heterocycles. The molecule has 17 heavy (non-hydrogen) atoms. The van der Waals surface area contributed by atoms with Gasteiger partial charge in [-0.15, -0.1) is 0 Å². The molecule has 0 radical (unpaired) electrons. The molecule has 1 aliphatic carbocycles. The third-order valence-electron chi connectivity index (χ3n) is 3.28. The van der Waals surface area contributed by atoms with E-state index >= 15 is 0 Å². The standard InChI is InChI=1S/C13H21N3O/c1-14-13-5-3-4-11(15-13)9-16(2)8-10-6-12(17)7-10/h3-5,10,12,17H,6-9H2,1-2H3,(H,14,15). The third-order valence-corrected chi connectivity index (χ3v) is 3.28. The van der Waals surface area contributed by atoms with Crippen LogP contribution in [0.4, 0.5) is 5.82 Å². The van der Waals surface area contributed by atoms with Gasteiger partial charge in [-0.3, -0.25) is 0 Å². The molecule has 4 heteroatoms. The molecule has 0 bridgehead atoms. The van der Waals surface area contributed by atoms with E-state index in [1.54, 1.807) is 0 Å². The zero-order valence-electron chi connectivity index (χ0n) is 10.6. The number of pyridine rings is 1. The van der Waals surface area contributed by atoms with Gasteiger partial charge in [0.05, 0.1) is 11.8 Å². The number of nitrogens with one attached hydrogen (secondary N) is 1. The van der Waals surface area contributed by atoms with Gasteiger partial charge in [-0.25, -0.2) is 4.98 Å². The van der Waals surface area contributed by atoms with E-state index in [0.717, 1.165) is 37.4 Å². The lowest BCUT2D eigenvalue weighted by Gasteiger charge is -2.34. The van der Waals surface area contributed by atoms with Gasteiger partial charge in [0.2, 0.25) is 0 Å². The minimum Gasteiger partial charge on any atom is -0.393 e. The Bertz CT molecular complexity index is 363. The average Bonchev–Trinajstić information content (AvgIpc) is 2.27. The maximum Gasteiger partial charge on any atom is 0.126 e. The van der Waals surface area contributed by atoms with Crippen LogP contribution in [0.2, 0.25) is 0 Å². The number of rotatable bonds is 5. The molecule has 2 N–H and O–H groups in total. The molecule has 1 fully saturated rings. The third kappa shape index (κ3) is 3.41. The SMILES string of the molecule is CNc1cccc(CN(C)CC2CC(O)C2)n1. The number of aliphatic hydroxyl groups excluding tert-OH is 1. The largest absolute Gasteiger partial charge is 0.393 e. The Balaban J connectivity index is 1.82. The first-order chi connectivity index (χ1) is 8.17. The Morgan fingerprint density at radius 1 is 1.47 bits per heavy atom. The van der Waals surface area contributed by atoms with Gasteiger partial charge in [-0.2, -0.15) is 0 Å². The van der Waals surface area contributed by atoms with Crippen LogP contribution in [-0.4, -0.2) is 41.7 Å². The molecule has 1 saturated carbocycles. The molecule has 1 aromatic heterocycles. The van der Waals surface area contributed by atoms with E-state index < -0.39 is 0 Å². The second-order valence-corrected chi connectivity index (χ2v) is 4.95. The van der Waals surface area contributed by atoms with Crippen molar-refractivity contribution >= 4 is 5.82 Å². The molecule has 0 amide bonds. The van der Waals surface area contributed by atoms with E-state index in [1.807, 2.05) is 25.2 Å². The van der Waals surface area contributed by atoms with Crippen molar-refractivity contribution in [3.63, 3.8) is 0 Å². The van der Waals surface area contributed by atoms with Gasteiger partial charge in [0, 0.05) is 20.1 Å². The van der Waals surface area contributed by atoms with Crippen LogP contribution < -0.4 is 5.32 Å². The van der Waals surface area contributed by atoms with Crippen molar-refractivity contribution in [3.8, 4) is 0 Å². The van der Waals surface area contributed by atoms with Crippen LogP contribution in [0.15, 0.2) is 18.2 Å². The predicted octanol–water partition coefficient (Wildman–Crippen LogP) is 1.33. The van der Waals surface area contributed by atoms with Crippen molar-refractivity contribution < 1.29 is 5.11 Å². The summed E-state index contributed by atoms with van der Waals surface area (Å²) in [4.78, 5) is 6.77. The molecule has 0 aromatic carbocycles. The summed E-state index contributed by atoms with van der Waals surface area (Å²) in [6.07, 6.45) is 1.85. The Kier molecular flexibility index (Phi) is 3.97. The van der Waals surface area contributed by atoms with Gasteiger partial charge in [-0.1, -0.05) is 6.07 Å². The Labute approximate surface area is 103 Å². The molecule has 4 nitrogen and oxygen atoms in total. The van der Waals surface area contributed by atoms with E-state index in [4.69, 9.17) is 0 Å². The fraction of sp³-hybridized carbons (Fsp3) is 0.615. The Hall–Kier alpha value is -1.13. The van der Waals surface area contributed by atoms with E-state index in [9.17, 15) is 5.11 Å². The van der Waals surface area contributed by atoms with E-state index in [-0.39, 0.29) is 6.10 Å². The Morgan fingerprint density at radius 3 is 2.88 bits per heavy atom. The lowest BCUT2D eigenvalue weighted by Crippen LogP contribution is -2.36. The molecule has 94 valence electrons. The second kappa shape index (κ2) is 5.47. The van der Waals surface area contributed by atoms with Crippen molar-refractivity contribution in [2.24, 2.45) is 5.92 Å². The van der Waals surface area contributed by atoms with E-state index in [0.29, 0.717) is 5.92 Å². The van der Waals surface area contributed by atoms with Crippen LogP contribution in [0.5, 0.6) is 0 Å². The number of aliphatic hydroxyl groups is 1. The highest BCUT2D eigenvalue weighted by atomic mass is 16.3. The molecule has 0 saturated heterocycles. The van der Waals surface area contributed by atoms with Crippen molar-refractivity contribution in [1.29, 1.82) is 0 Å². The van der Waals surface area contributed by atoms with E-state index in [1.165, 1.54) is 0 Å². The van der Waals surface area contributed by atoms with Gasteiger partial charge >= 0.3 is 0 Å². The summed E-state index contributed by atoms with van der Waals surface area (Å²) in [5.74, 6) is 1.57. The topological polar surface area (TPSA) is 48.4 Å². The Morgan fingerprint density at radius 2 is 2.24 bits per heavy atom. The first kappa shape index (κ1) is 12.3. The van der Waals surface area contributed by atoms with E-state index in [2.05, 4.69) is 22.2 Å². The predicted molar refractivity (Wildman–Crippen MR) is 68.8 cm³/mol. The van der Waals surface area contributed by atoms with Gasteiger partial charge < -0.3 is 15.3 Å². The zero-order valence-corrected chi connectivity index (χ0v) is 10.6. The number of hydrogen-bond donors (Lipinski definition) is 2. The first-order valence-electron chi connectivity index (χ1n) is 6.17. The smallest absolute Gasteiger partial charge is 0.126 e. The molecular formula is C13H21N3O. The van der Waals surface area contributed by atoms with Crippen LogP contribution >= 0.6 is 0 Å². The monoisotopic (exact) mass is 235 g/mol. The first-order valence-corrected chi connectivity index (χ1v) is 6.17. The average molecular weight is 235 g/mol. The van der Waals surface area contributed by atoms with Crippen LogP contribution in [0.1, 0.15) is 18.5 Å². The zero-order chi connectivity index (χ0) is 12.3. The molecule has 2 rings (SSSR count). The molecule has 1 aromatic rings. The lowest BCUT2D eigenvalue weighted by atomic mass is 9.82. The molecule has 1 aliphatic rings. The van der Waals surface area contributed by atoms with Crippen LogP contribution in [0, 0.1) is 5.92 Å². The summed E-state index contributed by atoms with van der Waals surface area (Å²) >= 11 is 0. The minimum absolute atomic E-state index is 0.0563. The highest BCUT2D eigenvalue weighted by molar-refractivity contribution is 5.34. The summed E-state index contributed by atoms with van der Waals surface area (Å²) < 4.78 is 0. The minimum atomic E-state index is -0.0563. The quantitative estimate of drug-likeness (QED) is 0.808. The van der Waals surface area contributed by atoms with Gasteiger partial charge in [0.1, 0.15) is 5.82 Å². The fourth-order valence-corrected chi connectivity index (χ4v) is 2.34. The van der Waals surface area contributed by atoms with Crippen LogP contribution in [0.25, 0.3) is 0 Å². The summed E-state index contributed by atoms with van der Waals surface area (Å²) in [5, 5.41) is 12.3. The van der Waals surface area contributed by atoms with Crippen molar-refractivity contribution in [2.75, 3.05) is 26.0 Å². The van der Waals surface area contributed by atoms with Crippen molar-refractivity contribution in [3.05, 3.63) is 23.9 Å². The van der Waals surface area contributed by atoms with Gasteiger partial charge in [0.25, 0.3) is 0 Å². The van der Waals surface area contributed by atoms with Crippen molar-refractivity contribution in [1.82, 2.24) is 9.88 Å². The molecule has 0 spiro atoms. The van der Waals surface area contributed by atoms with Gasteiger partial charge in [-0.05, 0) is 37.9 Å². The van der Waals surface area contributed by atoms with Crippen molar-refractivity contribution in [2.45, 2.75) is 25.5 Å². The van der Waals surface area contributed by atoms with Gasteiger partial charge in [0.15, 0.2) is 0 Å². The molecule has 0 unspecified atom stereocenters. The number of hydrogen-bond acceptors (Lipinski definition) is 4. The number of nitrogens with zero attached hydrogens (tertiary/aromatic N) is 2. The van der Waals surface area contributed by atoms with Crippen LogP contribution in [0.3, 0.4) is 0 Å². The number of aromatic nitrogens is 1.